The Balaban J connectivity index is 1.28. The number of rotatable bonds is 5. The Kier molecular flexibility index (Phi) is 5.54. The number of benzene rings is 5. The molecule has 0 amide bonds. The molecule has 35 heavy (non-hydrogen) atoms. The predicted octanol–water partition coefficient (Wildman–Crippen LogP) is 8.98. The molecule has 1 heterocycles. The van der Waals surface area contributed by atoms with E-state index >= 15 is 0 Å². The van der Waals surface area contributed by atoms with Gasteiger partial charge in [-0.2, -0.15) is 0 Å². The molecule has 0 aliphatic carbocycles. The summed E-state index contributed by atoms with van der Waals surface area (Å²) in [5.74, 6) is 0. The molecule has 0 aliphatic heterocycles. The van der Waals surface area contributed by atoms with Gasteiger partial charge in [0.05, 0.1) is 5.69 Å². The molecule has 0 bridgehead atoms. The van der Waals surface area contributed by atoms with Gasteiger partial charge < -0.3 is 5.32 Å². The van der Waals surface area contributed by atoms with Gasteiger partial charge in [0.15, 0.2) is 0 Å². The molecular formula is C33H24N2. The summed E-state index contributed by atoms with van der Waals surface area (Å²) in [6.45, 7) is 0. The molecule has 0 saturated carbocycles. The molecule has 2 nitrogen and oxygen atoms in total. The van der Waals surface area contributed by atoms with Crippen molar-refractivity contribution in [1.82, 2.24) is 4.98 Å². The van der Waals surface area contributed by atoms with Gasteiger partial charge in [0, 0.05) is 28.5 Å². The molecule has 0 saturated heterocycles. The van der Waals surface area contributed by atoms with Crippen molar-refractivity contribution in [2.45, 2.75) is 0 Å². The topological polar surface area (TPSA) is 24.9 Å². The highest BCUT2D eigenvalue weighted by Gasteiger charge is 2.06. The summed E-state index contributed by atoms with van der Waals surface area (Å²) < 4.78 is 0. The van der Waals surface area contributed by atoms with Crippen LogP contribution in [0.1, 0.15) is 0 Å². The number of hydrogen-bond acceptors (Lipinski definition) is 2. The molecule has 0 radical (unpaired) electrons. The maximum atomic E-state index is 4.67. The number of nitrogens with zero attached hydrogens (tertiary/aromatic N) is 1. The SMILES string of the molecule is c1ccc(-c2ccc(-c3ccnc(-c4cccc(Nc5cccc6ccccc56)c4)c3)cc2)cc1. The van der Waals surface area contributed by atoms with Crippen LogP contribution >= 0.6 is 0 Å². The van der Waals surface area contributed by atoms with Crippen LogP contribution in [0, 0.1) is 0 Å². The number of aromatic nitrogens is 1. The largest absolute Gasteiger partial charge is 0.355 e. The fraction of sp³-hybridized carbons (Fsp3) is 0. The number of nitrogens with one attached hydrogen (secondary N) is 1. The van der Waals surface area contributed by atoms with Gasteiger partial charge >= 0.3 is 0 Å². The summed E-state index contributed by atoms with van der Waals surface area (Å²) in [7, 11) is 0. The lowest BCUT2D eigenvalue weighted by atomic mass is 9.99. The molecular weight excluding hydrogens is 424 g/mol. The zero-order valence-corrected chi connectivity index (χ0v) is 19.2. The second kappa shape index (κ2) is 9.28. The molecule has 0 spiro atoms. The maximum Gasteiger partial charge on any atom is 0.0708 e. The lowest BCUT2D eigenvalue weighted by molar-refractivity contribution is 1.32. The van der Waals surface area contributed by atoms with Crippen LogP contribution < -0.4 is 5.32 Å². The van der Waals surface area contributed by atoms with E-state index in [0.717, 1.165) is 28.2 Å². The predicted molar refractivity (Wildman–Crippen MR) is 148 cm³/mol. The van der Waals surface area contributed by atoms with E-state index < -0.39 is 0 Å². The molecule has 166 valence electrons. The van der Waals surface area contributed by atoms with Gasteiger partial charge in [-0.25, -0.2) is 0 Å². The Morgan fingerprint density at radius 1 is 0.457 bits per heavy atom. The van der Waals surface area contributed by atoms with E-state index in [1.165, 1.54) is 27.5 Å². The van der Waals surface area contributed by atoms with Crippen LogP contribution in [0.2, 0.25) is 0 Å². The molecule has 1 N–H and O–H groups in total. The van der Waals surface area contributed by atoms with Crippen molar-refractivity contribution >= 4 is 22.1 Å². The van der Waals surface area contributed by atoms with Crippen molar-refractivity contribution in [3.05, 3.63) is 140 Å². The minimum atomic E-state index is 0.955. The summed E-state index contributed by atoms with van der Waals surface area (Å²) in [5, 5.41) is 6.03. The molecule has 0 unspecified atom stereocenters. The number of fused-ring (bicyclic) bond motifs is 1. The van der Waals surface area contributed by atoms with Crippen molar-refractivity contribution in [3.8, 4) is 33.5 Å². The van der Waals surface area contributed by atoms with Crippen molar-refractivity contribution in [2.75, 3.05) is 5.32 Å². The first-order chi connectivity index (χ1) is 17.3. The van der Waals surface area contributed by atoms with Crippen LogP contribution in [0.4, 0.5) is 11.4 Å². The first-order valence-electron chi connectivity index (χ1n) is 11.8. The van der Waals surface area contributed by atoms with E-state index in [0.29, 0.717) is 0 Å². The monoisotopic (exact) mass is 448 g/mol. The van der Waals surface area contributed by atoms with E-state index in [1.807, 2.05) is 12.3 Å². The fourth-order valence-corrected chi connectivity index (χ4v) is 4.50. The Labute approximate surface area is 205 Å². The van der Waals surface area contributed by atoms with E-state index in [9.17, 15) is 0 Å². The van der Waals surface area contributed by atoms with Gasteiger partial charge in [-0.05, 0) is 58.0 Å². The van der Waals surface area contributed by atoms with Crippen LogP contribution in [-0.2, 0) is 0 Å². The van der Waals surface area contributed by atoms with E-state index in [2.05, 4.69) is 138 Å². The fourth-order valence-electron chi connectivity index (χ4n) is 4.50. The van der Waals surface area contributed by atoms with Gasteiger partial charge in [-0.3, -0.25) is 4.98 Å². The molecule has 5 aromatic carbocycles. The van der Waals surface area contributed by atoms with E-state index in [-0.39, 0.29) is 0 Å². The second-order valence-corrected chi connectivity index (χ2v) is 8.61. The summed E-state index contributed by atoms with van der Waals surface area (Å²) >= 11 is 0. The number of hydrogen-bond donors (Lipinski definition) is 1. The third kappa shape index (κ3) is 4.42. The molecule has 0 fully saturated rings. The summed E-state index contributed by atoms with van der Waals surface area (Å²) in [4.78, 5) is 4.67. The standard InChI is InChI=1S/C33H24N2/c1-2-8-24(9-3-1)25-16-18-26(19-17-25)28-20-21-34-33(23-28)29-12-6-13-30(22-29)35-32-15-7-11-27-10-4-5-14-31(27)32/h1-23,35H. The molecule has 6 rings (SSSR count). The molecule has 0 atom stereocenters. The Hall–Kier alpha value is -4.69. The molecule has 0 aliphatic rings. The average molecular weight is 449 g/mol. The smallest absolute Gasteiger partial charge is 0.0708 e. The van der Waals surface area contributed by atoms with Gasteiger partial charge in [-0.1, -0.05) is 103 Å². The Bertz CT molecular complexity index is 1600. The molecule has 2 heteroatoms. The van der Waals surface area contributed by atoms with Crippen LogP contribution in [0.3, 0.4) is 0 Å². The third-order valence-corrected chi connectivity index (χ3v) is 6.31. The van der Waals surface area contributed by atoms with Crippen molar-refractivity contribution in [2.24, 2.45) is 0 Å². The number of pyridine rings is 1. The summed E-state index contributed by atoms with van der Waals surface area (Å²) in [6, 6.07) is 46.6. The van der Waals surface area contributed by atoms with Crippen molar-refractivity contribution < 1.29 is 0 Å². The number of anilines is 2. The minimum Gasteiger partial charge on any atom is -0.355 e. The Morgan fingerprint density at radius 2 is 1.11 bits per heavy atom. The van der Waals surface area contributed by atoms with Gasteiger partial charge in [-0.15, -0.1) is 0 Å². The first-order valence-corrected chi connectivity index (χ1v) is 11.8. The Morgan fingerprint density at radius 3 is 1.97 bits per heavy atom. The van der Waals surface area contributed by atoms with Crippen molar-refractivity contribution in [1.29, 1.82) is 0 Å². The van der Waals surface area contributed by atoms with E-state index in [1.54, 1.807) is 0 Å². The normalized spacial score (nSPS) is 10.9. The zero-order valence-electron chi connectivity index (χ0n) is 19.2. The first kappa shape index (κ1) is 20.9. The zero-order chi connectivity index (χ0) is 23.5. The quantitative estimate of drug-likeness (QED) is 0.285. The van der Waals surface area contributed by atoms with Crippen LogP contribution in [0.5, 0.6) is 0 Å². The maximum absolute atomic E-state index is 4.67. The van der Waals surface area contributed by atoms with E-state index in [4.69, 9.17) is 0 Å². The van der Waals surface area contributed by atoms with Gasteiger partial charge in [0.1, 0.15) is 0 Å². The highest BCUT2D eigenvalue weighted by atomic mass is 14.9. The van der Waals surface area contributed by atoms with Crippen molar-refractivity contribution in [3.63, 3.8) is 0 Å². The van der Waals surface area contributed by atoms with Gasteiger partial charge in [0.25, 0.3) is 0 Å². The lowest BCUT2D eigenvalue weighted by Gasteiger charge is -2.12. The van der Waals surface area contributed by atoms with Crippen LogP contribution in [0.15, 0.2) is 140 Å². The second-order valence-electron chi connectivity index (χ2n) is 8.61. The summed E-state index contributed by atoms with van der Waals surface area (Å²) in [5.41, 5.74) is 8.95. The molecule has 1 aromatic heterocycles. The summed E-state index contributed by atoms with van der Waals surface area (Å²) in [6.07, 6.45) is 1.89. The highest BCUT2D eigenvalue weighted by Crippen LogP contribution is 2.30. The average Bonchev–Trinajstić information content (AvgIpc) is 2.94. The van der Waals surface area contributed by atoms with Gasteiger partial charge in [0.2, 0.25) is 0 Å². The van der Waals surface area contributed by atoms with Crippen LogP contribution in [0.25, 0.3) is 44.3 Å². The third-order valence-electron chi connectivity index (χ3n) is 6.31. The lowest BCUT2D eigenvalue weighted by Crippen LogP contribution is -1.92. The minimum absolute atomic E-state index is 0.955. The highest BCUT2D eigenvalue weighted by molar-refractivity contribution is 5.95. The molecule has 6 aromatic rings. The van der Waals surface area contributed by atoms with Crippen LogP contribution in [-0.4, -0.2) is 4.98 Å².